The highest BCUT2D eigenvalue weighted by Crippen LogP contribution is 2.39. The maximum atomic E-state index is 11.0. The third-order valence-electron chi connectivity index (χ3n) is 2.68. The molecule has 1 atom stereocenters. The summed E-state index contributed by atoms with van der Waals surface area (Å²) in [4.78, 5) is 1.30. The Bertz CT molecular complexity index is 397. The molecule has 0 aliphatic carbocycles. The zero-order valence-electron chi connectivity index (χ0n) is 8.76. The van der Waals surface area contributed by atoms with Crippen LogP contribution in [0.15, 0.2) is 0 Å². The molecule has 92 valence electrons. The normalized spacial score (nSPS) is 31.1. The fourth-order valence-electron chi connectivity index (χ4n) is 2.02. The van der Waals surface area contributed by atoms with Crippen molar-refractivity contribution in [2.75, 3.05) is 13.1 Å². The van der Waals surface area contributed by atoms with Gasteiger partial charge in [0.2, 0.25) is 0 Å². The molecule has 0 aromatic carbocycles. The van der Waals surface area contributed by atoms with Gasteiger partial charge in [0.1, 0.15) is 0 Å². The number of hydrogen-bond donors (Lipinski definition) is 3. The van der Waals surface area contributed by atoms with Gasteiger partial charge in [-0.15, -0.1) is 0 Å². The topological polar surface area (TPSA) is 118 Å². The average Bonchev–Trinajstić information content (AvgIpc) is 2.14. The Hall–Kier alpha value is -0.900. The molecular weight excluding hydrogens is 236 g/mol. The number of piperazine rings is 1. The van der Waals surface area contributed by atoms with Crippen molar-refractivity contribution in [3.8, 4) is 0 Å². The summed E-state index contributed by atoms with van der Waals surface area (Å²) in [5.74, 6) is -1.74. The van der Waals surface area contributed by atoms with Crippen molar-refractivity contribution in [1.29, 1.82) is 5.41 Å². The number of nitrogens with one attached hydrogen (secondary N) is 2. The molecule has 1 unspecified atom stereocenters. The van der Waals surface area contributed by atoms with Gasteiger partial charge in [0, 0.05) is 13.1 Å². The number of nitrogens with two attached hydrogens (primary N) is 1. The minimum absolute atomic E-state index is 0.269. The Balaban J connectivity index is 2.30. The van der Waals surface area contributed by atoms with Crippen LogP contribution >= 0.6 is 0 Å². The van der Waals surface area contributed by atoms with E-state index in [-0.39, 0.29) is 12.0 Å². The first-order chi connectivity index (χ1) is 7.41. The highest BCUT2D eigenvalue weighted by molar-refractivity contribution is 7.82. The van der Waals surface area contributed by atoms with E-state index in [4.69, 9.17) is 19.5 Å². The average molecular weight is 250 g/mol. The van der Waals surface area contributed by atoms with Gasteiger partial charge in [0.25, 0.3) is 0 Å². The van der Waals surface area contributed by atoms with E-state index >= 15 is 0 Å². The van der Waals surface area contributed by atoms with Crippen LogP contribution in [-0.2, 0) is 18.8 Å². The zero-order chi connectivity index (χ0) is 12.0. The van der Waals surface area contributed by atoms with E-state index in [0.29, 0.717) is 19.5 Å². The molecule has 0 saturated carbocycles. The second-order valence-corrected chi connectivity index (χ2v) is 4.81. The minimum Gasteiger partial charge on any atom is -0.370 e. The van der Waals surface area contributed by atoms with Gasteiger partial charge >= 0.3 is 16.3 Å². The molecule has 2 fully saturated rings. The summed E-state index contributed by atoms with van der Waals surface area (Å²) in [5.41, 5.74) is 5.38. The van der Waals surface area contributed by atoms with Crippen LogP contribution in [-0.4, -0.2) is 44.3 Å². The van der Waals surface area contributed by atoms with Gasteiger partial charge in [-0.2, -0.15) is 16.8 Å². The second kappa shape index (κ2) is 3.55. The van der Waals surface area contributed by atoms with E-state index < -0.39 is 16.3 Å². The van der Waals surface area contributed by atoms with E-state index in [2.05, 4.69) is 5.32 Å². The van der Waals surface area contributed by atoms with E-state index in [1.54, 1.807) is 0 Å². The summed E-state index contributed by atoms with van der Waals surface area (Å²) in [6, 6.07) is -0.339. The molecule has 2 aliphatic heterocycles. The molecular formula is C7H14N4O4S. The molecule has 2 saturated heterocycles. The fourth-order valence-corrected chi connectivity index (χ4v) is 3.03. The molecule has 2 aliphatic rings. The standard InChI is InChI=1S/C7H14N4O4S/c1-2-5-7(14-16(12,13)15-7)11(6(8)9)4-3-10-5/h5,10H,2-4H2,1H3,(H3,8,9). The molecule has 0 radical (unpaired) electrons. The van der Waals surface area contributed by atoms with Crippen LogP contribution in [0.3, 0.4) is 0 Å². The van der Waals surface area contributed by atoms with Gasteiger partial charge in [-0.25, -0.2) is 0 Å². The molecule has 0 aromatic rings. The van der Waals surface area contributed by atoms with Crippen molar-refractivity contribution in [1.82, 2.24) is 10.2 Å². The van der Waals surface area contributed by atoms with Crippen LogP contribution in [0, 0.1) is 5.41 Å². The Morgan fingerprint density at radius 3 is 2.75 bits per heavy atom. The monoisotopic (exact) mass is 250 g/mol. The first-order valence-corrected chi connectivity index (χ1v) is 6.26. The largest absolute Gasteiger partial charge is 0.408 e. The molecule has 0 amide bonds. The first kappa shape index (κ1) is 11.6. The molecule has 8 nitrogen and oxygen atoms in total. The predicted octanol–water partition coefficient (Wildman–Crippen LogP) is -1.49. The number of rotatable bonds is 1. The smallest absolute Gasteiger partial charge is 0.370 e. The van der Waals surface area contributed by atoms with E-state index in [0.717, 1.165) is 0 Å². The molecule has 2 heterocycles. The first-order valence-electron chi connectivity index (χ1n) is 4.92. The lowest BCUT2D eigenvalue weighted by atomic mass is 10.1. The Morgan fingerprint density at radius 2 is 2.31 bits per heavy atom. The molecule has 2 rings (SSSR count). The SMILES string of the molecule is CCC1NCCN(C(=N)N)C12OS(=O)(=O)O2. The minimum atomic E-state index is -3.93. The maximum absolute atomic E-state index is 11.0. The lowest BCUT2D eigenvalue weighted by Crippen LogP contribution is -2.76. The molecule has 9 heteroatoms. The van der Waals surface area contributed by atoms with Gasteiger partial charge in [-0.05, 0) is 6.42 Å². The summed E-state index contributed by atoms with van der Waals surface area (Å²) in [6.45, 7) is 2.81. The Labute approximate surface area is 93.5 Å². The van der Waals surface area contributed by atoms with Gasteiger partial charge in [-0.1, -0.05) is 6.92 Å². The third kappa shape index (κ3) is 1.56. The fraction of sp³-hybridized carbons (Fsp3) is 0.857. The lowest BCUT2D eigenvalue weighted by Gasteiger charge is -2.53. The van der Waals surface area contributed by atoms with Crippen LogP contribution in [0.1, 0.15) is 13.3 Å². The van der Waals surface area contributed by atoms with Crippen LogP contribution < -0.4 is 11.1 Å². The predicted molar refractivity (Wildman–Crippen MR) is 54.5 cm³/mol. The van der Waals surface area contributed by atoms with Crippen LogP contribution in [0.25, 0.3) is 0 Å². The van der Waals surface area contributed by atoms with Crippen molar-refractivity contribution in [3.05, 3.63) is 0 Å². The lowest BCUT2D eigenvalue weighted by molar-refractivity contribution is -0.286. The molecule has 0 aromatic heterocycles. The maximum Gasteiger partial charge on any atom is 0.408 e. The van der Waals surface area contributed by atoms with Crippen molar-refractivity contribution < 1.29 is 16.8 Å². The molecule has 4 N–H and O–H groups in total. The van der Waals surface area contributed by atoms with Gasteiger partial charge in [0.15, 0.2) is 5.96 Å². The summed E-state index contributed by atoms with van der Waals surface area (Å²) < 4.78 is 31.6. The Morgan fingerprint density at radius 1 is 1.69 bits per heavy atom. The number of guanidine groups is 1. The van der Waals surface area contributed by atoms with Gasteiger partial charge < -0.3 is 11.1 Å². The zero-order valence-corrected chi connectivity index (χ0v) is 9.58. The molecule has 16 heavy (non-hydrogen) atoms. The number of nitrogens with zero attached hydrogens (tertiary/aromatic N) is 1. The van der Waals surface area contributed by atoms with Gasteiger partial charge in [-0.3, -0.25) is 10.3 Å². The van der Waals surface area contributed by atoms with Crippen molar-refractivity contribution in [3.63, 3.8) is 0 Å². The van der Waals surface area contributed by atoms with Crippen LogP contribution in [0.4, 0.5) is 0 Å². The summed E-state index contributed by atoms with van der Waals surface area (Å²) in [5, 5.41) is 10.5. The van der Waals surface area contributed by atoms with E-state index in [1.165, 1.54) is 4.90 Å². The molecule has 0 bridgehead atoms. The summed E-state index contributed by atoms with van der Waals surface area (Å²) in [7, 11) is -3.93. The Kier molecular flexibility index (Phi) is 2.57. The van der Waals surface area contributed by atoms with Crippen molar-refractivity contribution in [2.24, 2.45) is 5.73 Å². The third-order valence-corrected chi connectivity index (χ3v) is 3.57. The number of hydrogen-bond acceptors (Lipinski definition) is 6. The second-order valence-electron chi connectivity index (χ2n) is 3.66. The highest BCUT2D eigenvalue weighted by atomic mass is 32.3. The van der Waals surface area contributed by atoms with Crippen molar-refractivity contribution >= 4 is 16.4 Å². The van der Waals surface area contributed by atoms with Gasteiger partial charge in [0.05, 0.1) is 6.04 Å². The summed E-state index contributed by atoms with van der Waals surface area (Å²) in [6.07, 6.45) is 0.597. The van der Waals surface area contributed by atoms with E-state index in [1.807, 2.05) is 6.92 Å². The quantitative estimate of drug-likeness (QED) is 0.383. The van der Waals surface area contributed by atoms with Crippen LogP contribution in [0.5, 0.6) is 0 Å². The van der Waals surface area contributed by atoms with Crippen LogP contribution in [0.2, 0.25) is 0 Å². The molecule has 1 spiro atoms. The highest BCUT2D eigenvalue weighted by Gasteiger charge is 2.63. The summed E-state index contributed by atoms with van der Waals surface area (Å²) >= 11 is 0. The van der Waals surface area contributed by atoms with Crippen molar-refractivity contribution in [2.45, 2.75) is 25.3 Å². The van der Waals surface area contributed by atoms with E-state index in [9.17, 15) is 8.42 Å².